The van der Waals surface area contributed by atoms with Crippen LogP contribution in [0.2, 0.25) is 0 Å². The number of carbonyl (C=O) groups excluding carboxylic acids is 1. The van der Waals surface area contributed by atoms with Crippen molar-refractivity contribution in [2.45, 2.75) is 32.8 Å². The van der Waals surface area contributed by atoms with Crippen molar-refractivity contribution in [1.29, 1.82) is 0 Å². The third-order valence-corrected chi connectivity index (χ3v) is 1.54. The van der Waals surface area contributed by atoms with Gasteiger partial charge in [0.2, 0.25) is 5.91 Å². The van der Waals surface area contributed by atoms with Gasteiger partial charge in [-0.1, -0.05) is 13.3 Å². The molecule has 1 atom stereocenters. The van der Waals surface area contributed by atoms with E-state index in [4.69, 9.17) is 4.74 Å². The van der Waals surface area contributed by atoms with E-state index < -0.39 is 6.10 Å². The van der Waals surface area contributed by atoms with Gasteiger partial charge in [-0.3, -0.25) is 4.79 Å². The van der Waals surface area contributed by atoms with Crippen LogP contribution in [0.25, 0.3) is 0 Å². The predicted octanol–water partition coefficient (Wildman–Crippen LogP) is 0.300. The molecule has 78 valence electrons. The molecule has 0 aliphatic carbocycles. The number of unbranched alkanes of at least 4 members (excludes halogenated alkanes) is 1. The van der Waals surface area contributed by atoms with Gasteiger partial charge < -0.3 is 15.2 Å². The van der Waals surface area contributed by atoms with Crippen molar-refractivity contribution >= 4 is 5.91 Å². The largest absolute Gasteiger partial charge is 0.389 e. The Bertz CT molecular complexity index is 139. The summed E-state index contributed by atoms with van der Waals surface area (Å²) in [5.41, 5.74) is 0. The van der Waals surface area contributed by atoms with E-state index in [9.17, 15) is 9.90 Å². The Kier molecular flexibility index (Phi) is 7.63. The highest BCUT2D eigenvalue weighted by Crippen LogP contribution is 1.90. The third kappa shape index (κ3) is 9.30. The van der Waals surface area contributed by atoms with Crippen LogP contribution < -0.4 is 5.32 Å². The molecule has 0 heterocycles. The van der Waals surface area contributed by atoms with Crippen molar-refractivity contribution < 1.29 is 14.6 Å². The summed E-state index contributed by atoms with van der Waals surface area (Å²) in [4.78, 5) is 10.5. The number of amides is 1. The van der Waals surface area contributed by atoms with Crippen LogP contribution in [0, 0.1) is 0 Å². The van der Waals surface area contributed by atoms with E-state index in [2.05, 4.69) is 12.2 Å². The van der Waals surface area contributed by atoms with E-state index in [0.717, 1.165) is 12.8 Å². The van der Waals surface area contributed by atoms with E-state index in [0.29, 0.717) is 13.2 Å². The average molecular weight is 189 g/mol. The van der Waals surface area contributed by atoms with Crippen LogP contribution in [-0.4, -0.2) is 36.9 Å². The zero-order valence-corrected chi connectivity index (χ0v) is 8.38. The summed E-state index contributed by atoms with van der Waals surface area (Å²) in [6.07, 6.45) is 1.50. The van der Waals surface area contributed by atoms with Crippen LogP contribution in [-0.2, 0) is 9.53 Å². The van der Waals surface area contributed by atoms with Crippen LogP contribution in [0.5, 0.6) is 0 Å². The molecule has 0 fully saturated rings. The number of hydrogen-bond acceptors (Lipinski definition) is 3. The normalized spacial score (nSPS) is 12.5. The molecule has 0 aliphatic rings. The number of aliphatic hydroxyl groups excluding tert-OH is 1. The van der Waals surface area contributed by atoms with Gasteiger partial charge in [0, 0.05) is 20.1 Å². The minimum atomic E-state index is -0.597. The number of ether oxygens (including phenoxy) is 1. The van der Waals surface area contributed by atoms with Crippen molar-refractivity contribution in [1.82, 2.24) is 5.32 Å². The summed E-state index contributed by atoms with van der Waals surface area (Å²) >= 11 is 0. The summed E-state index contributed by atoms with van der Waals surface area (Å²) < 4.78 is 5.17. The smallest absolute Gasteiger partial charge is 0.216 e. The van der Waals surface area contributed by atoms with Crippen molar-refractivity contribution in [2.24, 2.45) is 0 Å². The van der Waals surface area contributed by atoms with Gasteiger partial charge in [0.1, 0.15) is 0 Å². The summed E-state index contributed by atoms with van der Waals surface area (Å²) in [7, 11) is 0. The summed E-state index contributed by atoms with van der Waals surface area (Å²) in [5, 5.41) is 11.8. The first-order chi connectivity index (χ1) is 6.16. The second kappa shape index (κ2) is 8.01. The fourth-order valence-electron chi connectivity index (χ4n) is 0.786. The molecule has 0 aromatic heterocycles. The number of rotatable bonds is 7. The molecule has 0 bridgehead atoms. The lowest BCUT2D eigenvalue weighted by atomic mass is 10.3. The zero-order valence-electron chi connectivity index (χ0n) is 8.38. The SMILES string of the molecule is CCCCOC[C@@H](O)CNC(C)=O. The van der Waals surface area contributed by atoms with Gasteiger partial charge >= 0.3 is 0 Å². The molecule has 0 aromatic rings. The molecule has 0 rings (SSSR count). The highest BCUT2D eigenvalue weighted by Gasteiger charge is 2.03. The first kappa shape index (κ1) is 12.4. The van der Waals surface area contributed by atoms with Gasteiger partial charge in [-0.05, 0) is 6.42 Å². The Hall–Kier alpha value is -0.610. The summed E-state index contributed by atoms with van der Waals surface area (Å²) in [6, 6.07) is 0. The summed E-state index contributed by atoms with van der Waals surface area (Å²) in [5.74, 6) is -0.132. The lowest BCUT2D eigenvalue weighted by molar-refractivity contribution is -0.119. The van der Waals surface area contributed by atoms with Gasteiger partial charge in [-0.25, -0.2) is 0 Å². The molecular formula is C9H19NO3. The fourth-order valence-corrected chi connectivity index (χ4v) is 0.786. The number of carbonyl (C=O) groups is 1. The van der Waals surface area contributed by atoms with E-state index in [1.54, 1.807) is 0 Å². The minimum Gasteiger partial charge on any atom is -0.389 e. The number of hydrogen-bond donors (Lipinski definition) is 2. The first-order valence-electron chi connectivity index (χ1n) is 4.67. The standard InChI is InChI=1S/C9H19NO3/c1-3-4-5-13-7-9(12)6-10-8(2)11/h9,12H,3-7H2,1-2H3,(H,10,11)/t9-/m0/s1. The molecule has 0 spiro atoms. The van der Waals surface area contributed by atoms with Crippen LogP contribution in [0.1, 0.15) is 26.7 Å². The van der Waals surface area contributed by atoms with Gasteiger partial charge in [0.15, 0.2) is 0 Å². The Morgan fingerprint density at radius 1 is 1.62 bits per heavy atom. The Labute approximate surface area is 79.3 Å². The van der Waals surface area contributed by atoms with Crippen LogP contribution >= 0.6 is 0 Å². The van der Waals surface area contributed by atoms with E-state index in [-0.39, 0.29) is 12.5 Å². The van der Waals surface area contributed by atoms with Crippen molar-refractivity contribution in [2.75, 3.05) is 19.8 Å². The van der Waals surface area contributed by atoms with Crippen LogP contribution in [0.3, 0.4) is 0 Å². The molecule has 1 amide bonds. The average Bonchev–Trinajstić information content (AvgIpc) is 2.09. The molecule has 0 saturated carbocycles. The summed E-state index contributed by atoms with van der Waals surface area (Å²) in [6.45, 7) is 4.73. The maximum absolute atomic E-state index is 10.5. The van der Waals surface area contributed by atoms with E-state index >= 15 is 0 Å². The molecule has 0 saturated heterocycles. The maximum Gasteiger partial charge on any atom is 0.216 e. The molecule has 0 aliphatic heterocycles. The lowest BCUT2D eigenvalue weighted by Crippen LogP contribution is -2.33. The second-order valence-electron chi connectivity index (χ2n) is 3.02. The monoisotopic (exact) mass is 189 g/mol. The lowest BCUT2D eigenvalue weighted by Gasteiger charge is -2.10. The highest BCUT2D eigenvalue weighted by atomic mass is 16.5. The van der Waals surface area contributed by atoms with Gasteiger partial charge in [0.25, 0.3) is 0 Å². The molecule has 13 heavy (non-hydrogen) atoms. The van der Waals surface area contributed by atoms with Gasteiger partial charge in [0.05, 0.1) is 12.7 Å². The van der Waals surface area contributed by atoms with E-state index in [1.807, 2.05) is 0 Å². The highest BCUT2D eigenvalue weighted by molar-refractivity contribution is 5.72. The quantitative estimate of drug-likeness (QED) is 0.566. The first-order valence-corrected chi connectivity index (χ1v) is 4.67. The Balaban J connectivity index is 3.19. The molecule has 4 heteroatoms. The molecule has 0 aromatic carbocycles. The van der Waals surface area contributed by atoms with Gasteiger partial charge in [-0.2, -0.15) is 0 Å². The third-order valence-electron chi connectivity index (χ3n) is 1.54. The predicted molar refractivity (Wildman–Crippen MR) is 50.4 cm³/mol. The molecule has 0 unspecified atom stereocenters. The van der Waals surface area contributed by atoms with Gasteiger partial charge in [-0.15, -0.1) is 0 Å². The number of aliphatic hydroxyl groups is 1. The molecule has 4 nitrogen and oxygen atoms in total. The van der Waals surface area contributed by atoms with Crippen molar-refractivity contribution in [3.63, 3.8) is 0 Å². The van der Waals surface area contributed by atoms with Crippen LogP contribution in [0.4, 0.5) is 0 Å². The maximum atomic E-state index is 10.5. The molecule has 0 radical (unpaired) electrons. The molecule has 2 N–H and O–H groups in total. The molecular weight excluding hydrogens is 170 g/mol. The van der Waals surface area contributed by atoms with Crippen molar-refractivity contribution in [3.05, 3.63) is 0 Å². The second-order valence-corrected chi connectivity index (χ2v) is 3.02. The van der Waals surface area contributed by atoms with Crippen molar-refractivity contribution in [3.8, 4) is 0 Å². The Morgan fingerprint density at radius 3 is 2.85 bits per heavy atom. The fraction of sp³-hybridized carbons (Fsp3) is 0.889. The van der Waals surface area contributed by atoms with E-state index in [1.165, 1.54) is 6.92 Å². The topological polar surface area (TPSA) is 58.6 Å². The minimum absolute atomic E-state index is 0.132. The van der Waals surface area contributed by atoms with Crippen LogP contribution in [0.15, 0.2) is 0 Å². The number of nitrogens with one attached hydrogen (secondary N) is 1. The zero-order chi connectivity index (χ0) is 10.1. The Morgan fingerprint density at radius 2 is 2.31 bits per heavy atom.